The molecule has 9 rings (SSSR count). The largest absolute Gasteiger partial charge is 0.573 e. The van der Waals surface area contributed by atoms with Crippen LogP contribution in [0.1, 0.15) is 0 Å². The third-order valence-corrected chi connectivity index (χ3v) is 9.46. The van der Waals surface area contributed by atoms with Crippen LogP contribution in [0.25, 0.3) is 55.4 Å². The van der Waals surface area contributed by atoms with E-state index in [4.69, 9.17) is 14.5 Å². The average molecular weight is 743 g/mol. The number of rotatable bonds is 6. The molecule has 0 atom stereocenters. The minimum Gasteiger partial charge on any atom is -0.405 e. The van der Waals surface area contributed by atoms with E-state index in [0.29, 0.717) is 35.4 Å². The van der Waals surface area contributed by atoms with Crippen molar-refractivity contribution in [2.24, 2.45) is 0 Å². The number of alkyl halides is 3. The van der Waals surface area contributed by atoms with Gasteiger partial charge in [0.1, 0.15) is 17.4 Å². The molecule has 0 N–H and O–H groups in total. The van der Waals surface area contributed by atoms with Crippen LogP contribution in [-0.4, -0.2) is 78.9 Å². The molecule has 4 heterocycles. The Labute approximate surface area is 316 Å². The summed E-state index contributed by atoms with van der Waals surface area (Å²) in [7, 11) is 0. The molecule has 278 valence electrons. The predicted octanol–water partition coefficient (Wildman–Crippen LogP) is 8.83. The van der Waals surface area contributed by atoms with Crippen LogP contribution in [0.3, 0.4) is 0 Å². The highest BCUT2D eigenvalue weighted by Gasteiger charge is 2.32. The van der Waals surface area contributed by atoms with Gasteiger partial charge in [-0.3, -0.25) is 9.97 Å². The summed E-state index contributed by atoms with van der Waals surface area (Å²) in [6.07, 6.45) is -1.19. The second kappa shape index (κ2) is 16.1. The number of anilines is 2. The highest BCUT2D eigenvalue weighted by Crippen LogP contribution is 2.35. The Bertz CT molecular complexity index is 2400. The second-order valence-corrected chi connectivity index (χ2v) is 13.1. The van der Waals surface area contributed by atoms with E-state index in [1.807, 2.05) is 12.3 Å². The molecule has 2 aromatic heterocycles. The van der Waals surface area contributed by atoms with Crippen LogP contribution in [-0.2, 0) is 9.47 Å². The first-order valence-corrected chi connectivity index (χ1v) is 18.1. The van der Waals surface area contributed by atoms with E-state index < -0.39 is 6.36 Å². The molecule has 55 heavy (non-hydrogen) atoms. The van der Waals surface area contributed by atoms with Crippen molar-refractivity contribution in [1.29, 1.82) is 0 Å². The summed E-state index contributed by atoms with van der Waals surface area (Å²) in [4.78, 5) is 22.8. The molecule has 5 aromatic carbocycles. The lowest BCUT2D eigenvalue weighted by Crippen LogP contribution is -2.36. The van der Waals surface area contributed by atoms with Crippen LogP contribution in [0, 0.1) is 0 Å². The Balaban J connectivity index is 0.000000155. The number of ether oxygens (including phenoxy) is 3. The summed E-state index contributed by atoms with van der Waals surface area (Å²) in [5, 5.41) is 0. The highest BCUT2D eigenvalue weighted by molar-refractivity contribution is 5.85. The quantitative estimate of drug-likeness (QED) is 0.166. The molecule has 0 aliphatic carbocycles. The minimum absolute atomic E-state index is 0.248. The number of nitrogens with zero attached hydrogens (tertiary/aromatic N) is 6. The lowest BCUT2D eigenvalue weighted by atomic mass is 9.99. The lowest BCUT2D eigenvalue weighted by Gasteiger charge is -2.27. The van der Waals surface area contributed by atoms with Crippen molar-refractivity contribution in [2.75, 3.05) is 62.4 Å². The van der Waals surface area contributed by atoms with E-state index in [1.165, 1.54) is 28.8 Å². The molecule has 2 aliphatic heterocycles. The molecule has 0 unspecified atom stereocenters. The van der Waals surface area contributed by atoms with Gasteiger partial charge >= 0.3 is 6.36 Å². The summed E-state index contributed by atoms with van der Waals surface area (Å²) < 4.78 is 53.0. The fraction of sp³-hybridized carbons (Fsp3) is 0.209. The molecule has 2 saturated heterocycles. The van der Waals surface area contributed by atoms with Crippen molar-refractivity contribution in [3.8, 4) is 39.1 Å². The maximum absolute atomic E-state index is 12.7. The molecule has 2 aliphatic rings. The summed E-state index contributed by atoms with van der Waals surface area (Å²) in [6, 6.07) is 36.6. The Kier molecular flexibility index (Phi) is 10.5. The number of benzene rings is 5. The third kappa shape index (κ3) is 8.66. The van der Waals surface area contributed by atoms with Crippen molar-refractivity contribution in [3.05, 3.63) is 128 Å². The lowest BCUT2D eigenvalue weighted by molar-refractivity contribution is -0.274. The average Bonchev–Trinajstić information content (AvgIpc) is 3.24. The van der Waals surface area contributed by atoms with Gasteiger partial charge in [-0.1, -0.05) is 78.9 Å². The molecule has 12 heteroatoms. The van der Waals surface area contributed by atoms with E-state index >= 15 is 0 Å². The smallest absolute Gasteiger partial charge is 0.405 e. The fourth-order valence-electron chi connectivity index (χ4n) is 6.67. The monoisotopic (exact) mass is 742 g/mol. The van der Waals surface area contributed by atoms with Gasteiger partial charge in [0, 0.05) is 31.7 Å². The van der Waals surface area contributed by atoms with Crippen molar-refractivity contribution in [2.45, 2.75) is 6.36 Å². The van der Waals surface area contributed by atoms with E-state index in [-0.39, 0.29) is 5.75 Å². The van der Waals surface area contributed by atoms with Crippen molar-refractivity contribution in [3.63, 3.8) is 0 Å². The zero-order valence-corrected chi connectivity index (χ0v) is 29.8. The summed E-state index contributed by atoms with van der Waals surface area (Å²) in [5.74, 6) is 1.40. The molecular weight excluding hydrogens is 706 g/mol. The molecule has 0 spiro atoms. The van der Waals surface area contributed by atoms with Crippen LogP contribution < -0.4 is 14.5 Å². The Morgan fingerprint density at radius 3 is 1.58 bits per heavy atom. The van der Waals surface area contributed by atoms with E-state index in [2.05, 4.69) is 96.2 Å². The molecule has 0 amide bonds. The minimum atomic E-state index is -4.75. The first-order valence-electron chi connectivity index (χ1n) is 18.1. The first-order chi connectivity index (χ1) is 26.9. The van der Waals surface area contributed by atoms with Gasteiger partial charge in [0.2, 0.25) is 0 Å². The van der Waals surface area contributed by atoms with Gasteiger partial charge in [-0.05, 0) is 64.2 Å². The van der Waals surface area contributed by atoms with Crippen molar-refractivity contribution in [1.82, 2.24) is 19.9 Å². The molecule has 9 nitrogen and oxygen atoms in total. The molecule has 0 radical (unpaired) electrons. The van der Waals surface area contributed by atoms with E-state index in [0.717, 1.165) is 67.6 Å². The molecular formula is C43H37F3N6O3. The predicted molar refractivity (Wildman–Crippen MR) is 208 cm³/mol. The number of fused-ring (bicyclic) bond motifs is 2. The van der Waals surface area contributed by atoms with Gasteiger partial charge in [-0.15, -0.1) is 13.2 Å². The number of halogens is 3. The van der Waals surface area contributed by atoms with Crippen LogP contribution in [0.5, 0.6) is 5.75 Å². The number of morpholine rings is 2. The zero-order chi connectivity index (χ0) is 37.6. The first kappa shape index (κ1) is 35.9. The summed E-state index contributed by atoms with van der Waals surface area (Å²) in [5.41, 5.74) is 8.81. The number of hydrogen-bond acceptors (Lipinski definition) is 9. The molecule has 7 aromatic rings. The fourth-order valence-corrected chi connectivity index (χ4v) is 6.67. The summed E-state index contributed by atoms with van der Waals surface area (Å²) >= 11 is 0. The number of hydrogen-bond donors (Lipinski definition) is 0. The Morgan fingerprint density at radius 2 is 0.982 bits per heavy atom. The highest BCUT2D eigenvalue weighted by atomic mass is 19.4. The Morgan fingerprint density at radius 1 is 0.491 bits per heavy atom. The van der Waals surface area contributed by atoms with Gasteiger partial charge in [-0.2, -0.15) is 0 Å². The van der Waals surface area contributed by atoms with Gasteiger partial charge in [0.15, 0.2) is 0 Å². The van der Waals surface area contributed by atoms with Crippen LogP contribution in [0.2, 0.25) is 0 Å². The maximum atomic E-state index is 12.7. The topological polar surface area (TPSA) is 85.7 Å². The number of para-hydroxylation sites is 1. The molecule has 0 saturated carbocycles. The standard InChI is InChI=1S/C24H21N3O.C19H16F3N3O2/c1-2-5-18(6-3-1)19-7-4-8-20(15-19)21-9-10-22-23(16-21)26-24(17-25-22)27-11-13-28-14-12-27;20-19(21,22)27-17-4-2-1-3-14(17)13-5-6-15-16(11-13)24-18(12-23-15)25-7-9-26-10-8-25/h1-10,15-17H,11-14H2;1-6,11-12H,7-10H2. The Hall–Kier alpha value is -6.11. The van der Waals surface area contributed by atoms with E-state index in [1.54, 1.807) is 36.5 Å². The summed E-state index contributed by atoms with van der Waals surface area (Å²) in [6.45, 7) is 5.91. The normalized spacial score (nSPS) is 14.7. The van der Waals surface area contributed by atoms with Gasteiger partial charge in [0.25, 0.3) is 0 Å². The zero-order valence-electron chi connectivity index (χ0n) is 29.8. The van der Waals surface area contributed by atoms with Gasteiger partial charge < -0.3 is 24.0 Å². The maximum Gasteiger partial charge on any atom is 0.573 e. The van der Waals surface area contributed by atoms with Crippen molar-refractivity contribution < 1.29 is 27.4 Å². The van der Waals surface area contributed by atoms with Crippen LogP contribution >= 0.6 is 0 Å². The molecule has 2 fully saturated rings. The number of aromatic nitrogens is 4. The van der Waals surface area contributed by atoms with Gasteiger partial charge in [0.05, 0.1) is 60.9 Å². The van der Waals surface area contributed by atoms with Gasteiger partial charge in [-0.25, -0.2) is 9.97 Å². The molecule has 0 bridgehead atoms. The van der Waals surface area contributed by atoms with Crippen molar-refractivity contribution >= 4 is 33.7 Å². The second-order valence-electron chi connectivity index (χ2n) is 13.1. The third-order valence-electron chi connectivity index (χ3n) is 9.46. The van der Waals surface area contributed by atoms with Crippen LogP contribution in [0.15, 0.2) is 128 Å². The van der Waals surface area contributed by atoms with Crippen LogP contribution in [0.4, 0.5) is 24.8 Å². The SMILES string of the molecule is FC(F)(F)Oc1ccccc1-c1ccc2ncc(N3CCOCC3)nc2c1.c1ccc(-c2cccc(-c3ccc4ncc(N5CCOCC5)nc4c3)c2)cc1. The van der Waals surface area contributed by atoms with E-state index in [9.17, 15) is 13.2 Å².